The summed E-state index contributed by atoms with van der Waals surface area (Å²) in [4.78, 5) is 26.0. The minimum atomic E-state index is -1.49. The van der Waals surface area contributed by atoms with E-state index in [4.69, 9.17) is 5.73 Å². The second-order valence-electron chi connectivity index (χ2n) is 9.19. The molecule has 172 valence electrons. The Labute approximate surface area is 182 Å². The van der Waals surface area contributed by atoms with Gasteiger partial charge in [-0.2, -0.15) is 0 Å². The number of aryl methyl sites for hydroxylation is 1. The van der Waals surface area contributed by atoms with Crippen molar-refractivity contribution >= 4 is 28.2 Å². The molecule has 0 amide bonds. The average Bonchev–Trinajstić information content (AvgIpc) is 3.65. The molecule has 1 aromatic carbocycles. The summed E-state index contributed by atoms with van der Waals surface area (Å²) in [6, 6.07) is -0.230. The van der Waals surface area contributed by atoms with Crippen molar-refractivity contribution in [3.05, 3.63) is 33.4 Å². The van der Waals surface area contributed by atoms with Crippen LogP contribution in [0.25, 0.3) is 10.9 Å². The van der Waals surface area contributed by atoms with Crippen molar-refractivity contribution in [3.63, 3.8) is 0 Å². The van der Waals surface area contributed by atoms with Gasteiger partial charge in [0.2, 0.25) is 5.43 Å². The zero-order valence-corrected chi connectivity index (χ0v) is 17.6. The fourth-order valence-electron chi connectivity index (χ4n) is 4.82. The maximum Gasteiger partial charge on any atom is 0.341 e. The number of benzene rings is 1. The van der Waals surface area contributed by atoms with Gasteiger partial charge in [0.1, 0.15) is 17.9 Å². The number of nitrogens with zero attached hydrogens (tertiary/aromatic N) is 2. The number of nitrogen functional groups attached to an aromatic ring is 1. The average molecular weight is 450 g/mol. The van der Waals surface area contributed by atoms with Crippen LogP contribution in [-0.4, -0.2) is 53.7 Å². The van der Waals surface area contributed by atoms with Crippen LogP contribution < -0.4 is 21.4 Å². The number of hydrogen-bond donors (Lipinski definition) is 3. The number of pyridine rings is 1. The number of fused-ring (bicyclic) bond motifs is 1. The normalized spacial score (nSPS) is 27.3. The number of halogens is 3. The Hall–Kier alpha value is -2.75. The Morgan fingerprint density at radius 2 is 1.97 bits per heavy atom. The number of rotatable bonds is 6. The predicted molar refractivity (Wildman–Crippen MR) is 114 cm³/mol. The highest BCUT2D eigenvalue weighted by atomic mass is 19.1. The van der Waals surface area contributed by atoms with Gasteiger partial charge in [0, 0.05) is 44.2 Å². The quantitative estimate of drug-likeness (QED) is 0.585. The Kier molecular flexibility index (Phi) is 4.88. The molecular formula is C22H25F3N4O3. The van der Waals surface area contributed by atoms with Crippen LogP contribution in [0.2, 0.25) is 0 Å². The largest absolute Gasteiger partial charge is 0.477 e. The molecule has 1 aromatic heterocycles. The maximum absolute atomic E-state index is 15.5. The number of aromatic carboxylic acids is 1. The fraction of sp³-hybridized carbons (Fsp3) is 0.545. The maximum atomic E-state index is 15.5. The van der Waals surface area contributed by atoms with E-state index in [0.717, 1.165) is 19.0 Å². The zero-order valence-electron chi connectivity index (χ0n) is 17.6. The third kappa shape index (κ3) is 3.32. The summed E-state index contributed by atoms with van der Waals surface area (Å²) in [7, 11) is 0. The van der Waals surface area contributed by atoms with Gasteiger partial charge in [-0.05, 0) is 25.3 Å². The van der Waals surface area contributed by atoms with Gasteiger partial charge in [0.25, 0.3) is 0 Å². The topological polar surface area (TPSA) is 101 Å². The van der Waals surface area contributed by atoms with Crippen molar-refractivity contribution in [1.82, 2.24) is 9.88 Å². The number of carboxylic acids is 1. The second-order valence-corrected chi connectivity index (χ2v) is 9.19. The molecule has 0 spiro atoms. The number of aromatic nitrogens is 1. The molecular weight excluding hydrogens is 425 g/mol. The highest BCUT2D eigenvalue weighted by Crippen LogP contribution is 2.44. The number of nitrogens with two attached hydrogens (primary N) is 1. The third-order valence-corrected chi connectivity index (χ3v) is 6.85. The second kappa shape index (κ2) is 7.40. The molecule has 0 unspecified atom stereocenters. The number of alkyl halides is 2. The molecule has 2 aliphatic carbocycles. The van der Waals surface area contributed by atoms with E-state index in [0.29, 0.717) is 18.2 Å². The van der Waals surface area contributed by atoms with E-state index < -0.39 is 46.9 Å². The first-order chi connectivity index (χ1) is 15.2. The van der Waals surface area contributed by atoms with Gasteiger partial charge in [-0.3, -0.25) is 4.79 Å². The standard InChI is InChI=1S/C22H25F3N4O3/c1-9-19-16(21(30)12(22(31)32)7-29(19)15-4-13(15)23)18(26)17(25)20(9)28-6-10(14(24)8-28)5-27-11-2-3-11/h7,10-11,13-15,27H,2-6,8,26H2,1H3,(H,31,32)/t10-,13-,14+,15+/m0/s1. The summed E-state index contributed by atoms with van der Waals surface area (Å²) in [5.74, 6) is -2.69. The van der Waals surface area contributed by atoms with Crippen molar-refractivity contribution in [2.75, 3.05) is 30.3 Å². The van der Waals surface area contributed by atoms with E-state index in [1.807, 2.05) is 0 Å². The van der Waals surface area contributed by atoms with Crippen LogP contribution in [-0.2, 0) is 0 Å². The van der Waals surface area contributed by atoms with E-state index in [2.05, 4.69) is 5.32 Å². The Morgan fingerprint density at radius 1 is 1.28 bits per heavy atom. The summed E-state index contributed by atoms with van der Waals surface area (Å²) in [5.41, 5.74) is 4.63. The molecule has 4 N–H and O–H groups in total. The van der Waals surface area contributed by atoms with Gasteiger partial charge in [-0.25, -0.2) is 18.0 Å². The third-order valence-electron chi connectivity index (χ3n) is 6.85. The lowest BCUT2D eigenvalue weighted by Gasteiger charge is -2.25. The van der Waals surface area contributed by atoms with Gasteiger partial charge < -0.3 is 25.6 Å². The molecule has 3 aliphatic rings. The smallest absolute Gasteiger partial charge is 0.341 e. The lowest BCUT2D eigenvalue weighted by Crippen LogP contribution is -2.30. The minimum absolute atomic E-state index is 0.0215. The van der Waals surface area contributed by atoms with E-state index in [1.165, 1.54) is 4.57 Å². The molecule has 3 fully saturated rings. The van der Waals surface area contributed by atoms with Crippen LogP contribution in [0.5, 0.6) is 0 Å². The Morgan fingerprint density at radius 3 is 2.56 bits per heavy atom. The molecule has 2 aromatic rings. The van der Waals surface area contributed by atoms with Crippen molar-refractivity contribution in [2.24, 2.45) is 5.92 Å². The van der Waals surface area contributed by atoms with Crippen molar-refractivity contribution in [1.29, 1.82) is 0 Å². The van der Waals surface area contributed by atoms with E-state index in [1.54, 1.807) is 11.8 Å². The first-order valence-electron chi connectivity index (χ1n) is 10.8. The number of anilines is 2. The predicted octanol–water partition coefficient (Wildman–Crippen LogP) is 2.54. The zero-order chi connectivity index (χ0) is 22.9. The van der Waals surface area contributed by atoms with Crippen LogP contribution in [0, 0.1) is 18.7 Å². The minimum Gasteiger partial charge on any atom is -0.477 e. The van der Waals surface area contributed by atoms with E-state index in [-0.39, 0.29) is 42.0 Å². The lowest BCUT2D eigenvalue weighted by atomic mass is 10.0. The fourth-order valence-corrected chi connectivity index (χ4v) is 4.82. The highest BCUT2D eigenvalue weighted by Gasteiger charge is 2.42. The molecule has 5 rings (SSSR count). The van der Waals surface area contributed by atoms with Crippen LogP contribution in [0.3, 0.4) is 0 Å². The first kappa shape index (κ1) is 21.1. The summed E-state index contributed by atoms with van der Waals surface area (Å²) in [6.45, 7) is 2.32. The molecule has 1 saturated heterocycles. The highest BCUT2D eigenvalue weighted by molar-refractivity contribution is 6.01. The van der Waals surface area contributed by atoms with Crippen LogP contribution in [0.15, 0.2) is 11.0 Å². The molecule has 2 heterocycles. The number of carbonyl (C=O) groups is 1. The molecule has 10 heteroatoms. The molecule has 0 bridgehead atoms. The van der Waals surface area contributed by atoms with Crippen molar-refractivity contribution < 1.29 is 23.1 Å². The van der Waals surface area contributed by atoms with Crippen LogP contribution in [0.4, 0.5) is 24.5 Å². The van der Waals surface area contributed by atoms with E-state index >= 15 is 4.39 Å². The van der Waals surface area contributed by atoms with Crippen molar-refractivity contribution in [2.45, 2.75) is 50.6 Å². The molecule has 32 heavy (non-hydrogen) atoms. The summed E-state index contributed by atoms with van der Waals surface area (Å²) >= 11 is 0. The van der Waals surface area contributed by atoms with Crippen LogP contribution >= 0.6 is 0 Å². The van der Waals surface area contributed by atoms with Gasteiger partial charge in [-0.15, -0.1) is 0 Å². The molecule has 0 radical (unpaired) electrons. The Balaban J connectivity index is 1.64. The SMILES string of the molecule is Cc1c(N2C[C@H](CNC3CC3)[C@H](F)C2)c(F)c(N)c2c(=O)c(C(=O)O)cn([C@@H]3C[C@@H]3F)c12. The monoisotopic (exact) mass is 450 g/mol. The lowest BCUT2D eigenvalue weighted by molar-refractivity contribution is 0.0694. The van der Waals surface area contributed by atoms with Gasteiger partial charge in [0.05, 0.1) is 28.3 Å². The molecule has 4 atom stereocenters. The molecule has 2 saturated carbocycles. The summed E-state index contributed by atoms with van der Waals surface area (Å²) in [5, 5.41) is 12.5. The Bertz CT molecular complexity index is 1180. The summed E-state index contributed by atoms with van der Waals surface area (Å²) < 4.78 is 45.6. The van der Waals surface area contributed by atoms with Gasteiger partial charge >= 0.3 is 5.97 Å². The molecule has 1 aliphatic heterocycles. The van der Waals surface area contributed by atoms with Gasteiger partial charge in [-0.1, -0.05) is 0 Å². The number of carboxylic acid groups (broad SMARTS) is 1. The molecule has 7 nitrogen and oxygen atoms in total. The van der Waals surface area contributed by atoms with Gasteiger partial charge in [0.15, 0.2) is 5.82 Å². The van der Waals surface area contributed by atoms with Crippen molar-refractivity contribution in [3.8, 4) is 0 Å². The first-order valence-corrected chi connectivity index (χ1v) is 10.8. The van der Waals surface area contributed by atoms with Crippen LogP contribution in [0.1, 0.15) is 41.2 Å². The van der Waals surface area contributed by atoms with E-state index in [9.17, 15) is 23.5 Å². The summed E-state index contributed by atoms with van der Waals surface area (Å²) in [6.07, 6.45) is 1.07. The number of hydrogen-bond acceptors (Lipinski definition) is 5. The number of nitrogens with one attached hydrogen (secondary N) is 1.